The van der Waals surface area contributed by atoms with Crippen molar-refractivity contribution in [2.75, 3.05) is 0 Å². The third kappa shape index (κ3) is 25.6. The van der Waals surface area contributed by atoms with E-state index in [9.17, 15) is 4.79 Å². The summed E-state index contributed by atoms with van der Waals surface area (Å²) in [4.78, 5) is 10.9. The zero-order valence-corrected chi connectivity index (χ0v) is 20.7. The molecule has 0 rings (SSSR count). The summed E-state index contributed by atoms with van der Waals surface area (Å²) in [6.07, 6.45) is 31.9. The molecule has 0 aliphatic carbocycles. The minimum atomic E-state index is 0.350. The van der Waals surface area contributed by atoms with Crippen LogP contribution >= 0.6 is 0 Å². The Morgan fingerprint density at radius 3 is 1.17 bits per heavy atom. The molecule has 0 aromatic heterocycles. The fourth-order valence-corrected chi connectivity index (χ4v) is 4.41. The number of unbranched alkanes of at least 4 members (excludes halogenated alkanes) is 18. The molecule has 0 saturated heterocycles. The molecule has 0 spiro atoms. The first-order valence-corrected chi connectivity index (χ1v) is 13.7. The van der Waals surface area contributed by atoms with E-state index in [1.165, 1.54) is 135 Å². The molecule has 0 heterocycles. The minimum Gasteiger partial charge on any atom is -0.300 e. The number of Topliss-reactive ketones (excluding diaryl/α,β-unsaturated/α-hetero) is 1. The Hall–Kier alpha value is -0.330. The molecule has 0 aliphatic heterocycles. The zero-order chi connectivity index (χ0) is 21.4. The van der Waals surface area contributed by atoms with E-state index in [-0.39, 0.29) is 0 Å². The Morgan fingerprint density at radius 1 is 0.517 bits per heavy atom. The van der Waals surface area contributed by atoms with Gasteiger partial charge in [0.05, 0.1) is 0 Å². The zero-order valence-electron chi connectivity index (χ0n) is 20.7. The number of carbonyl (C=O) groups excluding carboxylic acids is 1. The van der Waals surface area contributed by atoms with Gasteiger partial charge in [-0.25, -0.2) is 0 Å². The predicted octanol–water partition coefficient (Wildman–Crippen LogP) is 10.2. The summed E-state index contributed by atoms with van der Waals surface area (Å²) in [5, 5.41) is 0. The molecular weight excluding hydrogens is 352 g/mol. The molecule has 29 heavy (non-hydrogen) atoms. The van der Waals surface area contributed by atoms with E-state index < -0.39 is 0 Å². The number of hydrogen-bond donors (Lipinski definition) is 0. The molecule has 0 fully saturated rings. The summed E-state index contributed by atoms with van der Waals surface area (Å²) < 4.78 is 0. The van der Waals surface area contributed by atoms with E-state index in [4.69, 9.17) is 0 Å². The van der Waals surface area contributed by atoms with Crippen LogP contribution in [0.15, 0.2) is 0 Å². The van der Waals surface area contributed by atoms with Crippen molar-refractivity contribution in [2.24, 2.45) is 5.92 Å². The van der Waals surface area contributed by atoms with Gasteiger partial charge >= 0.3 is 0 Å². The second kappa shape index (κ2) is 23.9. The highest BCUT2D eigenvalue weighted by Gasteiger charge is 2.02. The molecule has 1 atom stereocenters. The predicted molar refractivity (Wildman–Crippen MR) is 132 cm³/mol. The SMILES string of the molecule is CCCCCCCCCCCCCCC(C)CCCCCCCCCCC(C)=O. The lowest BCUT2D eigenvalue weighted by molar-refractivity contribution is -0.117. The summed E-state index contributed by atoms with van der Waals surface area (Å²) in [5.41, 5.74) is 0. The fraction of sp³-hybridized carbons (Fsp3) is 0.964. The third-order valence-electron chi connectivity index (χ3n) is 6.53. The Balaban J connectivity index is 3.15. The summed E-state index contributed by atoms with van der Waals surface area (Å²) in [7, 11) is 0. The number of ketones is 1. The van der Waals surface area contributed by atoms with Gasteiger partial charge in [-0.3, -0.25) is 0 Å². The van der Waals surface area contributed by atoms with Gasteiger partial charge in [0.2, 0.25) is 0 Å². The lowest BCUT2D eigenvalue weighted by Crippen LogP contribution is -1.95. The van der Waals surface area contributed by atoms with Gasteiger partial charge in [0.1, 0.15) is 5.78 Å². The van der Waals surface area contributed by atoms with Crippen molar-refractivity contribution in [3.8, 4) is 0 Å². The monoisotopic (exact) mass is 408 g/mol. The van der Waals surface area contributed by atoms with Crippen LogP contribution in [0, 0.1) is 5.92 Å². The average Bonchev–Trinajstić information content (AvgIpc) is 2.70. The van der Waals surface area contributed by atoms with Crippen molar-refractivity contribution >= 4 is 5.78 Å². The maximum atomic E-state index is 10.9. The average molecular weight is 409 g/mol. The highest BCUT2D eigenvalue weighted by molar-refractivity contribution is 5.75. The Labute approximate surface area is 185 Å². The van der Waals surface area contributed by atoms with Gasteiger partial charge < -0.3 is 4.79 Å². The molecule has 0 radical (unpaired) electrons. The van der Waals surface area contributed by atoms with E-state index >= 15 is 0 Å². The molecule has 0 N–H and O–H groups in total. The van der Waals surface area contributed by atoms with Crippen LogP contribution in [0.5, 0.6) is 0 Å². The smallest absolute Gasteiger partial charge is 0.129 e. The number of hydrogen-bond acceptors (Lipinski definition) is 1. The molecule has 1 unspecified atom stereocenters. The molecule has 0 aliphatic rings. The lowest BCUT2D eigenvalue weighted by Gasteiger charge is -2.11. The van der Waals surface area contributed by atoms with Crippen LogP contribution in [0.25, 0.3) is 0 Å². The molecule has 0 bridgehead atoms. The van der Waals surface area contributed by atoms with Crippen LogP contribution in [-0.4, -0.2) is 5.78 Å². The highest BCUT2D eigenvalue weighted by atomic mass is 16.1. The van der Waals surface area contributed by atoms with E-state index in [0.717, 1.165) is 18.8 Å². The summed E-state index contributed by atoms with van der Waals surface area (Å²) in [6, 6.07) is 0. The summed E-state index contributed by atoms with van der Waals surface area (Å²) >= 11 is 0. The highest BCUT2D eigenvalue weighted by Crippen LogP contribution is 2.19. The summed E-state index contributed by atoms with van der Waals surface area (Å²) in [5.74, 6) is 1.28. The first kappa shape index (κ1) is 28.7. The van der Waals surface area contributed by atoms with Gasteiger partial charge in [-0.2, -0.15) is 0 Å². The Kier molecular flexibility index (Phi) is 23.7. The van der Waals surface area contributed by atoms with E-state index in [0.29, 0.717) is 5.78 Å². The molecular formula is C28H56O. The first-order valence-electron chi connectivity index (χ1n) is 13.7. The molecule has 0 saturated carbocycles. The van der Waals surface area contributed by atoms with E-state index in [1.54, 1.807) is 6.92 Å². The Morgan fingerprint density at radius 2 is 0.828 bits per heavy atom. The lowest BCUT2D eigenvalue weighted by atomic mass is 9.95. The molecule has 174 valence electrons. The van der Waals surface area contributed by atoms with Crippen LogP contribution in [0.2, 0.25) is 0 Å². The minimum absolute atomic E-state index is 0.350. The van der Waals surface area contributed by atoms with Crippen molar-refractivity contribution in [3.63, 3.8) is 0 Å². The molecule has 0 amide bonds. The van der Waals surface area contributed by atoms with E-state index in [1.807, 2.05) is 0 Å². The van der Waals surface area contributed by atoms with Gasteiger partial charge in [0.25, 0.3) is 0 Å². The van der Waals surface area contributed by atoms with E-state index in [2.05, 4.69) is 13.8 Å². The second-order valence-corrected chi connectivity index (χ2v) is 9.85. The van der Waals surface area contributed by atoms with Crippen LogP contribution in [-0.2, 0) is 4.79 Å². The number of rotatable bonds is 24. The van der Waals surface area contributed by atoms with Crippen LogP contribution in [0.3, 0.4) is 0 Å². The quantitative estimate of drug-likeness (QED) is 0.145. The van der Waals surface area contributed by atoms with Gasteiger partial charge in [-0.1, -0.05) is 149 Å². The molecule has 0 aromatic rings. The number of carbonyl (C=O) groups is 1. The molecule has 1 nitrogen and oxygen atoms in total. The van der Waals surface area contributed by atoms with Crippen LogP contribution in [0.4, 0.5) is 0 Å². The van der Waals surface area contributed by atoms with Gasteiger partial charge in [0.15, 0.2) is 0 Å². The van der Waals surface area contributed by atoms with Crippen LogP contribution < -0.4 is 0 Å². The summed E-state index contributed by atoms with van der Waals surface area (Å²) in [6.45, 7) is 6.47. The maximum absolute atomic E-state index is 10.9. The molecule has 1 heteroatoms. The van der Waals surface area contributed by atoms with Crippen molar-refractivity contribution in [2.45, 2.75) is 168 Å². The largest absolute Gasteiger partial charge is 0.300 e. The van der Waals surface area contributed by atoms with Gasteiger partial charge in [-0.05, 0) is 19.3 Å². The fourth-order valence-electron chi connectivity index (χ4n) is 4.41. The normalized spacial score (nSPS) is 12.4. The molecule has 0 aromatic carbocycles. The second-order valence-electron chi connectivity index (χ2n) is 9.85. The topological polar surface area (TPSA) is 17.1 Å². The van der Waals surface area contributed by atoms with Gasteiger partial charge in [0, 0.05) is 6.42 Å². The Bertz CT molecular complexity index is 322. The van der Waals surface area contributed by atoms with Crippen molar-refractivity contribution in [1.82, 2.24) is 0 Å². The third-order valence-corrected chi connectivity index (χ3v) is 6.53. The maximum Gasteiger partial charge on any atom is 0.129 e. The van der Waals surface area contributed by atoms with Crippen molar-refractivity contribution in [1.29, 1.82) is 0 Å². The van der Waals surface area contributed by atoms with Crippen molar-refractivity contribution < 1.29 is 4.79 Å². The van der Waals surface area contributed by atoms with Crippen molar-refractivity contribution in [3.05, 3.63) is 0 Å². The van der Waals surface area contributed by atoms with Crippen LogP contribution in [0.1, 0.15) is 168 Å². The first-order chi connectivity index (χ1) is 14.2. The van der Waals surface area contributed by atoms with Gasteiger partial charge in [-0.15, -0.1) is 0 Å². The standard InChI is InChI=1S/C28H56O/c1-4-5-6-7-8-9-10-11-12-15-18-21-24-27(2)25-22-19-16-13-14-17-20-23-26-28(3)29/h27H,4-26H2,1-3H3.